The van der Waals surface area contributed by atoms with Crippen molar-refractivity contribution in [3.05, 3.63) is 45.8 Å². The first kappa shape index (κ1) is 26.0. The monoisotopic (exact) mass is 561 g/mol. The zero-order valence-electron chi connectivity index (χ0n) is 19.2. The molecule has 10 nitrogen and oxygen atoms in total. The third kappa shape index (κ3) is 5.37. The molecule has 1 aromatic carbocycles. The van der Waals surface area contributed by atoms with Gasteiger partial charge in [0.25, 0.3) is 0 Å². The maximum atomic E-state index is 13.1. The molecule has 1 aliphatic rings. The predicted molar refractivity (Wildman–Crippen MR) is 133 cm³/mol. The number of aromatic nitrogens is 2. The third-order valence-corrected chi connectivity index (χ3v) is 8.83. The number of sulfonamides is 1. The third-order valence-electron chi connectivity index (χ3n) is 5.52. The van der Waals surface area contributed by atoms with Crippen LogP contribution in [0.1, 0.15) is 45.4 Å². The number of halogens is 2. The summed E-state index contributed by atoms with van der Waals surface area (Å²) in [6.07, 6.45) is 2.87. The van der Waals surface area contributed by atoms with Crippen molar-refractivity contribution in [1.82, 2.24) is 13.1 Å². The Morgan fingerprint density at radius 2 is 2.00 bits per heavy atom. The molecule has 2 aromatic heterocycles. The Hall–Kier alpha value is -2.09. The molecule has 1 saturated heterocycles. The fourth-order valence-corrected chi connectivity index (χ4v) is 6.73. The predicted octanol–water partition coefficient (Wildman–Crippen LogP) is 4.96. The van der Waals surface area contributed by atoms with Crippen molar-refractivity contribution >= 4 is 55.9 Å². The minimum Gasteiger partial charge on any atom is -0.548 e. The normalized spacial score (nSPS) is 17.2. The lowest BCUT2D eigenvalue weighted by molar-refractivity contribution is 0.282. The number of hydrogen-bond donors (Lipinski definition) is 3. The highest BCUT2D eigenvalue weighted by Gasteiger charge is 2.33. The van der Waals surface area contributed by atoms with Crippen LogP contribution in [0.15, 0.2) is 38.8 Å². The van der Waals surface area contributed by atoms with Gasteiger partial charge in [0, 0.05) is 23.5 Å². The summed E-state index contributed by atoms with van der Waals surface area (Å²) in [5.74, 6) is -0.00568. The molecule has 0 spiro atoms. The Morgan fingerprint density at radius 3 is 2.60 bits per heavy atom. The smallest absolute Gasteiger partial charge is 0.248 e. The number of nitrogens with one attached hydrogen (secondary N) is 2. The fourth-order valence-electron chi connectivity index (χ4n) is 3.81. The molecule has 0 saturated carbocycles. The fraction of sp³-hybridized carbons (Fsp3) is 0.429. The molecule has 4 rings (SSSR count). The average Bonchev–Trinajstić information content (AvgIpc) is 3.49. The second-order valence-electron chi connectivity index (χ2n) is 9.21. The van der Waals surface area contributed by atoms with E-state index in [0.717, 1.165) is 12.8 Å². The van der Waals surface area contributed by atoms with E-state index in [2.05, 4.69) is 19.1 Å². The zero-order chi connectivity index (χ0) is 25.5. The van der Waals surface area contributed by atoms with Crippen LogP contribution in [-0.2, 0) is 10.0 Å². The molecule has 35 heavy (non-hydrogen) atoms. The topological polar surface area (TPSA) is 147 Å². The molecule has 14 heteroatoms. The Balaban J connectivity index is 1.77. The summed E-state index contributed by atoms with van der Waals surface area (Å²) in [6, 6.07) is 3.91. The first-order chi connectivity index (χ1) is 16.4. The van der Waals surface area contributed by atoms with Gasteiger partial charge in [0.1, 0.15) is 23.0 Å². The minimum atomic E-state index is -4.01. The van der Waals surface area contributed by atoms with Crippen molar-refractivity contribution in [2.45, 2.75) is 44.6 Å². The maximum absolute atomic E-state index is 13.1. The van der Waals surface area contributed by atoms with Gasteiger partial charge in [-0.3, -0.25) is 0 Å². The summed E-state index contributed by atoms with van der Waals surface area (Å²) >= 11 is 10.4. The van der Waals surface area contributed by atoms with E-state index in [9.17, 15) is 18.1 Å². The number of rotatable bonds is 6. The highest BCUT2D eigenvalue weighted by molar-refractivity contribution is 7.89. The summed E-state index contributed by atoms with van der Waals surface area (Å²) in [5, 5.41) is 14.1. The molecule has 0 amide bonds. The first-order valence-corrected chi connectivity index (χ1v) is 14.1. The molecule has 1 unspecified atom stereocenters. The Labute approximate surface area is 215 Å². The van der Waals surface area contributed by atoms with Gasteiger partial charge < -0.3 is 19.4 Å². The number of aromatic hydroxyl groups is 1. The van der Waals surface area contributed by atoms with Gasteiger partial charge in [-0.15, -0.1) is 4.37 Å². The molecule has 2 atom stereocenters. The number of nitrogens with zero attached hydrogens (tertiary/aromatic N) is 3. The Kier molecular flexibility index (Phi) is 7.24. The van der Waals surface area contributed by atoms with Crippen molar-refractivity contribution in [2.75, 3.05) is 18.4 Å². The molecule has 0 aliphatic carbocycles. The van der Waals surface area contributed by atoms with Gasteiger partial charge in [0.15, 0.2) is 16.9 Å². The van der Waals surface area contributed by atoms with Crippen LogP contribution < -0.4 is 10.8 Å². The lowest BCUT2D eigenvalue weighted by atomic mass is 9.86. The molecule has 190 valence electrons. The van der Waals surface area contributed by atoms with E-state index in [1.165, 1.54) is 22.7 Å². The van der Waals surface area contributed by atoms with Gasteiger partial charge >= 0.3 is 0 Å². The minimum absolute atomic E-state index is 0.0210. The zero-order valence-corrected chi connectivity index (χ0v) is 22.4. The number of H-pyrrole nitrogens is 1. The van der Waals surface area contributed by atoms with Crippen LogP contribution in [0.4, 0.5) is 11.5 Å². The lowest BCUT2D eigenvalue weighted by Gasteiger charge is -2.25. The van der Waals surface area contributed by atoms with Crippen molar-refractivity contribution in [2.24, 2.45) is 10.4 Å². The molecule has 3 aromatic rings. The maximum Gasteiger partial charge on any atom is 0.248 e. The van der Waals surface area contributed by atoms with E-state index in [0.29, 0.717) is 23.9 Å². The average molecular weight is 563 g/mol. The van der Waals surface area contributed by atoms with Crippen molar-refractivity contribution in [3.63, 3.8) is 0 Å². The van der Waals surface area contributed by atoms with Gasteiger partial charge in [-0.05, 0) is 30.4 Å². The molecule has 1 aliphatic heterocycles. The molecule has 0 bridgehead atoms. The number of furan rings is 1. The first-order valence-electron chi connectivity index (χ1n) is 10.8. The Morgan fingerprint density at radius 1 is 1.31 bits per heavy atom. The van der Waals surface area contributed by atoms with Gasteiger partial charge in [-0.2, -0.15) is 4.31 Å². The van der Waals surface area contributed by atoms with Gasteiger partial charge in [-0.1, -0.05) is 44.0 Å². The quantitative estimate of drug-likeness (QED) is 0.284. The highest BCUT2D eigenvalue weighted by atomic mass is 35.5. The van der Waals surface area contributed by atoms with Crippen LogP contribution in [0.25, 0.3) is 0 Å². The number of aromatic amines is 1. The van der Waals surface area contributed by atoms with Gasteiger partial charge in [0.05, 0.1) is 15.7 Å². The van der Waals surface area contributed by atoms with Gasteiger partial charge in [0.2, 0.25) is 21.3 Å². The molecule has 3 heterocycles. The Bertz CT molecular complexity index is 1400. The molecule has 1 fully saturated rings. The van der Waals surface area contributed by atoms with E-state index in [-0.39, 0.29) is 22.0 Å². The number of phenolic OH excluding ortho intramolecular Hbond substituents is 1. The largest absolute Gasteiger partial charge is 0.548 e. The van der Waals surface area contributed by atoms with Crippen LogP contribution in [0.5, 0.6) is 5.75 Å². The van der Waals surface area contributed by atoms with Crippen LogP contribution in [-0.4, -0.2) is 44.2 Å². The second kappa shape index (κ2) is 9.75. The van der Waals surface area contributed by atoms with E-state index in [4.69, 9.17) is 27.6 Å². The highest BCUT2D eigenvalue weighted by Crippen LogP contribution is 2.41. The number of anilines is 2. The van der Waals surface area contributed by atoms with Crippen LogP contribution >= 0.6 is 34.3 Å². The van der Waals surface area contributed by atoms with Crippen LogP contribution in [0, 0.1) is 5.41 Å². The lowest BCUT2D eigenvalue weighted by Crippen LogP contribution is -2.28. The van der Waals surface area contributed by atoms with Crippen LogP contribution in [0.2, 0.25) is 10.0 Å². The van der Waals surface area contributed by atoms with E-state index in [1.54, 1.807) is 6.07 Å². The van der Waals surface area contributed by atoms with Crippen molar-refractivity contribution in [3.8, 4) is 5.75 Å². The molecule has 3 N–H and O–H groups in total. The number of phenols is 1. The number of benzene rings is 1. The second-order valence-corrected chi connectivity index (χ2v) is 12.8. The van der Waals surface area contributed by atoms with Crippen molar-refractivity contribution in [1.29, 1.82) is 0 Å². The molecule has 0 radical (unpaired) electrons. The van der Waals surface area contributed by atoms with E-state index < -0.39 is 43.3 Å². The SMILES string of the molecule is CC(C)(C)[C@@H](N=c1[nH][s+]([O-])nc1Nc1ccc(Cl)c(S(=O)(=O)N2CCCC2)c1O)c1cc(Cl)co1. The van der Waals surface area contributed by atoms with E-state index >= 15 is 0 Å². The summed E-state index contributed by atoms with van der Waals surface area (Å²) < 4.78 is 52.0. The van der Waals surface area contributed by atoms with Crippen LogP contribution in [0.3, 0.4) is 0 Å². The summed E-state index contributed by atoms with van der Waals surface area (Å²) in [4.78, 5) is 4.28. The summed E-state index contributed by atoms with van der Waals surface area (Å²) in [5.41, 5.74) is -0.244. The van der Waals surface area contributed by atoms with E-state index in [1.807, 2.05) is 20.8 Å². The molecular weight excluding hydrogens is 537 g/mol. The summed E-state index contributed by atoms with van der Waals surface area (Å²) in [7, 11) is -4.01. The number of hydrogen-bond acceptors (Lipinski definition) is 8. The van der Waals surface area contributed by atoms with Crippen molar-refractivity contribution < 1.29 is 22.5 Å². The molecular formula is C21H25Cl2N5O5S2. The summed E-state index contributed by atoms with van der Waals surface area (Å²) in [6.45, 7) is 6.57. The van der Waals surface area contributed by atoms with Gasteiger partial charge in [-0.25, -0.2) is 13.4 Å². The standard InChI is InChI=1S/C21H25Cl2N5O5S2/c1-21(2,3)18(15-10-12(22)11-33-15)25-20-19(26-34(30)27-20)24-14-7-6-13(23)17(16(14)29)35(31,32)28-8-4-5-9-28/h6-7,10-11,18,29H,4-5,8-9H2,1-3H3,(H,24,26)(H,25,27)/t18-,34?/m0/s1.